The fourth-order valence-electron chi connectivity index (χ4n) is 2.75. The van der Waals surface area contributed by atoms with E-state index in [1.165, 1.54) is 0 Å². The average molecular weight is 345 g/mol. The Kier molecular flexibility index (Phi) is 4.90. The summed E-state index contributed by atoms with van der Waals surface area (Å²) >= 11 is 6.39. The van der Waals surface area contributed by atoms with Gasteiger partial charge in [-0.15, -0.1) is 0 Å². The number of imidazole rings is 1. The number of fused-ring (bicyclic) bond motifs is 4. The molecule has 0 saturated heterocycles. The standard InChI is InChI=1S/C18H21ClN4O/c1-11-6-4-3-5-7-15(24)21-14-10-12(20-2)8-9-13(14)16-17(19)23-18(11)22-16/h3-4,8-11,20H,5-7H2,1-2H3,(H,21,24)(H,22,23)/b4-3+/t11-/m0/s1. The molecule has 2 bridgehead atoms. The van der Waals surface area contributed by atoms with Gasteiger partial charge in [0.1, 0.15) is 16.7 Å². The first kappa shape index (κ1) is 16.6. The van der Waals surface area contributed by atoms with Gasteiger partial charge in [-0.1, -0.05) is 30.7 Å². The topological polar surface area (TPSA) is 69.8 Å². The van der Waals surface area contributed by atoms with Crippen molar-refractivity contribution in [1.29, 1.82) is 0 Å². The molecule has 126 valence electrons. The number of halogens is 1. The minimum absolute atomic E-state index is 0.0201. The fourth-order valence-corrected chi connectivity index (χ4v) is 2.99. The molecule has 1 aliphatic rings. The molecule has 0 aliphatic carbocycles. The van der Waals surface area contributed by atoms with Crippen LogP contribution in [0, 0.1) is 0 Å². The Bertz CT molecular complexity index is 781. The molecule has 1 aliphatic heterocycles. The maximum absolute atomic E-state index is 12.2. The van der Waals surface area contributed by atoms with Crippen LogP contribution in [0.2, 0.25) is 5.15 Å². The van der Waals surface area contributed by atoms with E-state index in [4.69, 9.17) is 11.6 Å². The van der Waals surface area contributed by atoms with Crippen molar-refractivity contribution in [2.45, 2.75) is 32.1 Å². The quantitative estimate of drug-likeness (QED) is 0.664. The van der Waals surface area contributed by atoms with E-state index in [-0.39, 0.29) is 11.8 Å². The number of H-pyrrole nitrogens is 1. The molecule has 6 heteroatoms. The Hall–Kier alpha value is -2.27. The van der Waals surface area contributed by atoms with Gasteiger partial charge in [0.2, 0.25) is 5.91 Å². The summed E-state index contributed by atoms with van der Waals surface area (Å²) in [6.07, 6.45) is 6.18. The summed E-state index contributed by atoms with van der Waals surface area (Å²) in [5.41, 5.74) is 3.11. The predicted molar refractivity (Wildman–Crippen MR) is 98.6 cm³/mol. The van der Waals surface area contributed by atoms with E-state index in [1.54, 1.807) is 0 Å². The molecule has 1 aromatic heterocycles. The van der Waals surface area contributed by atoms with E-state index >= 15 is 0 Å². The first-order valence-corrected chi connectivity index (χ1v) is 8.48. The molecule has 0 fully saturated rings. The number of rotatable bonds is 1. The highest BCUT2D eigenvalue weighted by molar-refractivity contribution is 6.32. The van der Waals surface area contributed by atoms with Crippen molar-refractivity contribution in [3.8, 4) is 11.3 Å². The van der Waals surface area contributed by atoms with Crippen LogP contribution in [0.15, 0.2) is 30.4 Å². The van der Waals surface area contributed by atoms with Crippen molar-refractivity contribution in [2.75, 3.05) is 17.7 Å². The van der Waals surface area contributed by atoms with Crippen molar-refractivity contribution in [2.24, 2.45) is 0 Å². The van der Waals surface area contributed by atoms with Crippen LogP contribution in [-0.4, -0.2) is 22.9 Å². The number of carbonyl (C=O) groups excluding carboxylic acids is 1. The Morgan fingerprint density at radius 2 is 2.17 bits per heavy atom. The highest BCUT2D eigenvalue weighted by Gasteiger charge is 2.18. The number of hydrogen-bond acceptors (Lipinski definition) is 3. The molecule has 24 heavy (non-hydrogen) atoms. The highest BCUT2D eigenvalue weighted by Crippen LogP contribution is 2.35. The van der Waals surface area contributed by atoms with Gasteiger partial charge in [-0.05, 0) is 31.0 Å². The van der Waals surface area contributed by atoms with Gasteiger partial charge in [0.25, 0.3) is 0 Å². The summed E-state index contributed by atoms with van der Waals surface area (Å²) in [6.45, 7) is 2.11. The van der Waals surface area contributed by atoms with Crippen LogP contribution in [0.1, 0.15) is 37.9 Å². The lowest BCUT2D eigenvalue weighted by molar-refractivity contribution is -0.116. The number of hydrogen-bond donors (Lipinski definition) is 3. The Morgan fingerprint density at radius 1 is 1.33 bits per heavy atom. The number of nitrogens with zero attached hydrogens (tertiary/aromatic N) is 1. The Balaban J connectivity index is 2.11. The maximum atomic E-state index is 12.2. The van der Waals surface area contributed by atoms with E-state index in [0.717, 1.165) is 29.9 Å². The van der Waals surface area contributed by atoms with E-state index in [1.807, 2.05) is 31.3 Å². The van der Waals surface area contributed by atoms with Gasteiger partial charge < -0.3 is 15.6 Å². The number of aromatic amines is 1. The van der Waals surface area contributed by atoms with Gasteiger partial charge in [0.15, 0.2) is 0 Å². The molecule has 2 aromatic rings. The van der Waals surface area contributed by atoms with Gasteiger partial charge in [0.05, 0.1) is 5.69 Å². The lowest BCUT2D eigenvalue weighted by Crippen LogP contribution is -2.12. The molecule has 0 unspecified atom stereocenters. The van der Waals surface area contributed by atoms with Crippen LogP contribution < -0.4 is 10.6 Å². The Morgan fingerprint density at radius 3 is 2.96 bits per heavy atom. The summed E-state index contributed by atoms with van der Waals surface area (Å²) in [6, 6.07) is 5.77. The van der Waals surface area contributed by atoms with Crippen molar-refractivity contribution in [1.82, 2.24) is 9.97 Å². The number of aromatic nitrogens is 2. The molecular formula is C18H21ClN4O. The molecule has 3 rings (SSSR count). The highest BCUT2D eigenvalue weighted by atomic mass is 35.5. The number of carbonyl (C=O) groups is 1. The summed E-state index contributed by atoms with van der Waals surface area (Å²) in [7, 11) is 1.84. The molecule has 1 amide bonds. The Labute approximate surface area is 146 Å². The van der Waals surface area contributed by atoms with Gasteiger partial charge in [-0.3, -0.25) is 4.79 Å². The summed E-state index contributed by atoms with van der Waals surface area (Å²) in [5, 5.41) is 6.56. The van der Waals surface area contributed by atoms with Gasteiger partial charge in [-0.2, -0.15) is 0 Å². The number of amides is 1. The first-order valence-electron chi connectivity index (χ1n) is 8.11. The third kappa shape index (κ3) is 3.46. The largest absolute Gasteiger partial charge is 0.388 e. The van der Waals surface area contributed by atoms with E-state index in [2.05, 4.69) is 33.6 Å². The molecule has 0 radical (unpaired) electrons. The van der Waals surface area contributed by atoms with Crippen LogP contribution in [0.4, 0.5) is 11.4 Å². The summed E-state index contributed by atoms with van der Waals surface area (Å²) < 4.78 is 0. The SMILES string of the molecule is CNc1ccc2c(c1)NC(=O)CC/C=C/C[C@H](C)c1nc-2c(Cl)[nH]1. The van der Waals surface area contributed by atoms with Crippen LogP contribution in [0.5, 0.6) is 0 Å². The summed E-state index contributed by atoms with van der Waals surface area (Å²) in [4.78, 5) is 20.1. The average Bonchev–Trinajstić information content (AvgIpc) is 2.95. The normalized spacial score (nSPS) is 19.3. The zero-order valence-corrected chi connectivity index (χ0v) is 14.6. The smallest absolute Gasteiger partial charge is 0.224 e. The van der Waals surface area contributed by atoms with Crippen LogP contribution in [0.25, 0.3) is 11.3 Å². The second kappa shape index (κ2) is 7.09. The van der Waals surface area contributed by atoms with Crippen LogP contribution >= 0.6 is 11.6 Å². The molecule has 3 N–H and O–H groups in total. The molecule has 1 aromatic carbocycles. The van der Waals surface area contributed by atoms with Crippen molar-refractivity contribution in [3.63, 3.8) is 0 Å². The minimum Gasteiger partial charge on any atom is -0.388 e. The van der Waals surface area contributed by atoms with Gasteiger partial charge in [-0.25, -0.2) is 4.98 Å². The number of benzene rings is 1. The summed E-state index contributed by atoms with van der Waals surface area (Å²) in [5.74, 6) is 1.07. The van der Waals surface area contributed by atoms with Crippen LogP contribution in [0.3, 0.4) is 0 Å². The number of nitrogens with one attached hydrogen (secondary N) is 3. The van der Waals surface area contributed by atoms with Gasteiger partial charge in [0, 0.05) is 30.6 Å². The van der Waals surface area contributed by atoms with Crippen LogP contribution in [-0.2, 0) is 4.79 Å². The van der Waals surface area contributed by atoms with Gasteiger partial charge >= 0.3 is 0 Å². The maximum Gasteiger partial charge on any atom is 0.224 e. The molecule has 1 atom stereocenters. The second-order valence-electron chi connectivity index (χ2n) is 5.99. The molecule has 5 nitrogen and oxygen atoms in total. The van der Waals surface area contributed by atoms with Crippen molar-refractivity contribution in [3.05, 3.63) is 41.3 Å². The monoisotopic (exact) mass is 344 g/mol. The van der Waals surface area contributed by atoms with Crippen molar-refractivity contribution < 1.29 is 4.79 Å². The van der Waals surface area contributed by atoms with E-state index < -0.39 is 0 Å². The number of anilines is 2. The zero-order valence-electron chi connectivity index (χ0n) is 13.8. The molecular weight excluding hydrogens is 324 g/mol. The van der Waals surface area contributed by atoms with E-state index in [9.17, 15) is 4.79 Å². The molecule has 0 spiro atoms. The third-order valence-electron chi connectivity index (χ3n) is 4.18. The second-order valence-corrected chi connectivity index (χ2v) is 6.37. The molecule has 0 saturated carbocycles. The lowest BCUT2D eigenvalue weighted by Gasteiger charge is -2.12. The predicted octanol–water partition coefficient (Wildman–Crippen LogP) is 4.55. The fraction of sp³-hybridized carbons (Fsp3) is 0.333. The molecule has 2 heterocycles. The number of allylic oxidation sites excluding steroid dienone is 2. The first-order chi connectivity index (χ1) is 11.6. The van der Waals surface area contributed by atoms with E-state index in [0.29, 0.717) is 23.0 Å². The minimum atomic E-state index is -0.0201. The van der Waals surface area contributed by atoms with Crippen molar-refractivity contribution >= 4 is 28.9 Å². The lowest BCUT2D eigenvalue weighted by atomic mass is 10.1. The third-order valence-corrected chi connectivity index (χ3v) is 4.45. The zero-order chi connectivity index (χ0) is 17.1.